The van der Waals surface area contributed by atoms with Gasteiger partial charge in [-0.1, -0.05) is 44.8 Å². The minimum atomic E-state index is 0.394. The van der Waals surface area contributed by atoms with Crippen LogP contribution in [0.5, 0.6) is 0 Å². The monoisotopic (exact) mass is 324 g/mol. The van der Waals surface area contributed by atoms with E-state index in [2.05, 4.69) is 56.3 Å². The fraction of sp³-hybridized carbons (Fsp3) is 0.600. The van der Waals surface area contributed by atoms with Crippen molar-refractivity contribution in [3.63, 3.8) is 0 Å². The first-order valence-corrected chi connectivity index (χ1v) is 7.53. The molecule has 0 spiro atoms. The maximum atomic E-state index is 3.61. The smallest absolute Gasteiger partial charge is 0.00993 e. The van der Waals surface area contributed by atoms with Gasteiger partial charge in [-0.25, -0.2) is 0 Å². The molecule has 3 heteroatoms. The third-order valence-corrected chi connectivity index (χ3v) is 5.70. The minimum absolute atomic E-state index is 0.394. The fourth-order valence-corrected chi connectivity index (χ4v) is 4.22. The molecule has 74 valence electrons. The van der Waals surface area contributed by atoms with Crippen LogP contribution in [0, 0.1) is 5.41 Å². The summed E-state index contributed by atoms with van der Waals surface area (Å²) in [5.41, 5.74) is 0.394. The van der Waals surface area contributed by atoms with Gasteiger partial charge in [-0.2, -0.15) is 0 Å². The van der Waals surface area contributed by atoms with Gasteiger partial charge in [0.2, 0.25) is 0 Å². The van der Waals surface area contributed by atoms with Gasteiger partial charge >= 0.3 is 0 Å². The molecule has 0 N–H and O–H groups in total. The van der Waals surface area contributed by atoms with Crippen LogP contribution in [-0.2, 0) is 6.42 Å². The number of rotatable bonds is 5. The molecular formula is C10H14Br2S. The SMILES string of the molecule is CCC(CBr)(CBr)Cc1cccs1. The molecule has 0 saturated carbocycles. The normalized spacial score (nSPS) is 11.9. The average molecular weight is 326 g/mol. The number of halogens is 2. The van der Waals surface area contributed by atoms with Crippen LogP contribution >= 0.6 is 43.2 Å². The first kappa shape index (κ1) is 11.7. The summed E-state index contributed by atoms with van der Waals surface area (Å²) >= 11 is 9.08. The molecule has 0 aliphatic rings. The molecule has 0 nitrogen and oxygen atoms in total. The summed E-state index contributed by atoms with van der Waals surface area (Å²) in [5.74, 6) is 0. The Bertz CT molecular complexity index is 219. The molecule has 0 aliphatic heterocycles. The molecule has 0 radical (unpaired) electrons. The molecule has 1 aromatic rings. The predicted octanol–water partition coefficient (Wildman–Crippen LogP) is 4.48. The van der Waals surface area contributed by atoms with Crippen LogP contribution in [0.15, 0.2) is 17.5 Å². The van der Waals surface area contributed by atoms with Gasteiger partial charge in [-0.05, 0) is 29.7 Å². The van der Waals surface area contributed by atoms with Gasteiger partial charge in [0.25, 0.3) is 0 Å². The van der Waals surface area contributed by atoms with E-state index in [4.69, 9.17) is 0 Å². The molecule has 1 heterocycles. The van der Waals surface area contributed by atoms with Gasteiger partial charge in [-0.3, -0.25) is 0 Å². The topological polar surface area (TPSA) is 0 Å². The Morgan fingerprint density at radius 2 is 2.08 bits per heavy atom. The molecule has 0 aliphatic carbocycles. The highest BCUT2D eigenvalue weighted by Crippen LogP contribution is 2.32. The van der Waals surface area contributed by atoms with Crippen molar-refractivity contribution in [2.75, 3.05) is 10.7 Å². The van der Waals surface area contributed by atoms with Crippen LogP contribution in [0.1, 0.15) is 18.2 Å². The van der Waals surface area contributed by atoms with Crippen LogP contribution in [0.2, 0.25) is 0 Å². The Hall–Kier alpha value is 0.660. The second-order valence-electron chi connectivity index (χ2n) is 3.38. The van der Waals surface area contributed by atoms with Crippen LogP contribution in [0.25, 0.3) is 0 Å². The average Bonchev–Trinajstić information content (AvgIpc) is 2.67. The van der Waals surface area contributed by atoms with E-state index >= 15 is 0 Å². The van der Waals surface area contributed by atoms with Crippen LogP contribution in [0.4, 0.5) is 0 Å². The Morgan fingerprint density at radius 1 is 1.38 bits per heavy atom. The van der Waals surface area contributed by atoms with Crippen LogP contribution < -0.4 is 0 Å². The van der Waals surface area contributed by atoms with E-state index in [9.17, 15) is 0 Å². The summed E-state index contributed by atoms with van der Waals surface area (Å²) in [4.78, 5) is 1.49. The maximum Gasteiger partial charge on any atom is 0.00993 e. The number of hydrogen-bond donors (Lipinski definition) is 0. The molecule has 13 heavy (non-hydrogen) atoms. The van der Waals surface area contributed by atoms with Crippen molar-refractivity contribution < 1.29 is 0 Å². The molecule has 0 fully saturated rings. The fourth-order valence-electron chi connectivity index (χ4n) is 1.23. The van der Waals surface area contributed by atoms with Gasteiger partial charge in [0.15, 0.2) is 0 Å². The Morgan fingerprint density at radius 3 is 2.46 bits per heavy atom. The van der Waals surface area contributed by atoms with Crippen molar-refractivity contribution in [1.82, 2.24) is 0 Å². The van der Waals surface area contributed by atoms with Crippen molar-refractivity contribution in [2.24, 2.45) is 5.41 Å². The lowest BCUT2D eigenvalue weighted by molar-refractivity contribution is 0.376. The van der Waals surface area contributed by atoms with Crippen LogP contribution in [-0.4, -0.2) is 10.7 Å². The van der Waals surface area contributed by atoms with Gasteiger partial charge in [0, 0.05) is 15.5 Å². The zero-order valence-electron chi connectivity index (χ0n) is 7.72. The summed E-state index contributed by atoms with van der Waals surface area (Å²) in [6, 6.07) is 4.35. The van der Waals surface area contributed by atoms with E-state index < -0.39 is 0 Å². The number of hydrogen-bond acceptors (Lipinski definition) is 1. The second-order valence-corrected chi connectivity index (χ2v) is 5.53. The van der Waals surface area contributed by atoms with Crippen molar-refractivity contribution >= 4 is 43.2 Å². The highest BCUT2D eigenvalue weighted by Gasteiger charge is 2.26. The molecule has 0 aromatic carbocycles. The van der Waals surface area contributed by atoms with Gasteiger partial charge < -0.3 is 0 Å². The molecule has 0 unspecified atom stereocenters. The third kappa shape index (κ3) is 3.07. The molecule has 0 bridgehead atoms. The van der Waals surface area contributed by atoms with Gasteiger partial charge in [0.05, 0.1) is 0 Å². The zero-order valence-corrected chi connectivity index (χ0v) is 11.7. The van der Waals surface area contributed by atoms with Crippen LogP contribution in [0.3, 0.4) is 0 Å². The first-order chi connectivity index (χ1) is 6.26. The zero-order chi connectivity index (χ0) is 9.73. The molecule has 0 amide bonds. The van der Waals surface area contributed by atoms with Crippen molar-refractivity contribution in [1.29, 1.82) is 0 Å². The standard InChI is InChI=1S/C10H14Br2S/c1-2-10(7-11,8-12)6-9-4-3-5-13-9/h3-5H,2,6-8H2,1H3. The summed E-state index contributed by atoms with van der Waals surface area (Å²) in [6.07, 6.45) is 2.39. The third-order valence-electron chi connectivity index (χ3n) is 2.45. The van der Waals surface area contributed by atoms with Gasteiger partial charge in [0.1, 0.15) is 0 Å². The van der Waals surface area contributed by atoms with Gasteiger partial charge in [-0.15, -0.1) is 11.3 Å². The van der Waals surface area contributed by atoms with Crippen molar-refractivity contribution in [3.8, 4) is 0 Å². The summed E-state index contributed by atoms with van der Waals surface area (Å²) in [5, 5.41) is 4.29. The maximum absolute atomic E-state index is 3.61. The van der Waals surface area contributed by atoms with E-state index in [1.54, 1.807) is 0 Å². The highest BCUT2D eigenvalue weighted by atomic mass is 79.9. The Labute approximate surface area is 101 Å². The summed E-state index contributed by atoms with van der Waals surface area (Å²) in [6.45, 7) is 2.26. The van der Waals surface area contributed by atoms with E-state index in [1.807, 2.05) is 11.3 Å². The largest absolute Gasteiger partial charge is 0.149 e. The summed E-state index contributed by atoms with van der Waals surface area (Å²) in [7, 11) is 0. The lowest BCUT2D eigenvalue weighted by Crippen LogP contribution is -2.26. The minimum Gasteiger partial charge on any atom is -0.149 e. The van der Waals surface area contributed by atoms with E-state index in [-0.39, 0.29) is 0 Å². The Kier molecular flexibility index (Phi) is 4.98. The predicted molar refractivity (Wildman–Crippen MR) is 68.3 cm³/mol. The van der Waals surface area contributed by atoms with E-state index in [0.29, 0.717) is 5.41 Å². The van der Waals surface area contributed by atoms with E-state index in [1.165, 1.54) is 17.7 Å². The molecular weight excluding hydrogens is 312 g/mol. The van der Waals surface area contributed by atoms with Crippen molar-refractivity contribution in [2.45, 2.75) is 19.8 Å². The summed E-state index contributed by atoms with van der Waals surface area (Å²) < 4.78 is 0. The molecule has 1 rings (SSSR count). The van der Waals surface area contributed by atoms with E-state index in [0.717, 1.165) is 10.7 Å². The lowest BCUT2D eigenvalue weighted by Gasteiger charge is -2.27. The quantitative estimate of drug-likeness (QED) is 0.700. The molecule has 0 atom stereocenters. The molecule has 0 saturated heterocycles. The molecule has 1 aromatic heterocycles. The first-order valence-electron chi connectivity index (χ1n) is 4.40. The lowest BCUT2D eigenvalue weighted by atomic mass is 9.86. The highest BCUT2D eigenvalue weighted by molar-refractivity contribution is 9.09. The second kappa shape index (κ2) is 5.52. The van der Waals surface area contributed by atoms with Crippen molar-refractivity contribution in [3.05, 3.63) is 22.4 Å². The number of alkyl halides is 2. The Balaban J connectivity index is 2.67. The number of thiophene rings is 1.